The summed E-state index contributed by atoms with van der Waals surface area (Å²) in [5.74, 6) is 0.141. The zero-order chi connectivity index (χ0) is 17.3. The maximum Gasteiger partial charge on any atom is 0.328 e. The Balaban J connectivity index is 2.25. The van der Waals surface area contributed by atoms with Crippen LogP contribution in [-0.4, -0.2) is 22.8 Å². The van der Waals surface area contributed by atoms with Crippen LogP contribution in [0.1, 0.15) is 66.2 Å². The van der Waals surface area contributed by atoms with Crippen LogP contribution in [0.25, 0.3) is 0 Å². The van der Waals surface area contributed by atoms with E-state index in [1.54, 1.807) is 0 Å². The Kier molecular flexibility index (Phi) is 5.40. The number of carboxylic acids is 1. The van der Waals surface area contributed by atoms with Gasteiger partial charge < -0.3 is 10.2 Å². The molecule has 23 heavy (non-hydrogen) atoms. The van der Waals surface area contributed by atoms with Gasteiger partial charge in [-0.1, -0.05) is 38.8 Å². The summed E-state index contributed by atoms with van der Waals surface area (Å²) in [5, 5.41) is 18.7. The molecule has 2 rings (SSSR count). The molecule has 3 unspecified atom stereocenters. The largest absolute Gasteiger partial charge is 0.478 e. The molecule has 2 N–H and O–H groups in total. The second kappa shape index (κ2) is 6.80. The lowest BCUT2D eigenvalue weighted by atomic mass is 9.48. The molecule has 3 nitrogen and oxygen atoms in total. The lowest BCUT2D eigenvalue weighted by molar-refractivity contribution is -0.131. The van der Waals surface area contributed by atoms with E-state index in [-0.39, 0.29) is 12.0 Å². The number of rotatable bonds is 5. The molecule has 0 aromatic heterocycles. The van der Waals surface area contributed by atoms with Crippen molar-refractivity contribution in [2.75, 3.05) is 6.61 Å². The van der Waals surface area contributed by atoms with Crippen LogP contribution in [0.2, 0.25) is 0 Å². The Hall–Kier alpha value is -1.09. The maximum absolute atomic E-state index is 10.8. The first-order chi connectivity index (χ1) is 10.7. The van der Waals surface area contributed by atoms with E-state index in [2.05, 4.69) is 26.8 Å². The average molecular weight is 320 g/mol. The van der Waals surface area contributed by atoms with Gasteiger partial charge in [-0.15, -0.1) is 0 Å². The summed E-state index contributed by atoms with van der Waals surface area (Å²) in [5.41, 5.74) is 2.65. The molecule has 0 spiro atoms. The molecule has 1 saturated carbocycles. The maximum atomic E-state index is 10.8. The van der Waals surface area contributed by atoms with Crippen LogP contribution < -0.4 is 0 Å². The molecule has 0 amide bonds. The first kappa shape index (κ1) is 18.3. The number of fused-ring (bicyclic) bond motifs is 1. The minimum absolute atomic E-state index is 0.134. The molecule has 0 aliphatic heterocycles. The molecule has 130 valence electrons. The van der Waals surface area contributed by atoms with Gasteiger partial charge in [-0.25, -0.2) is 4.79 Å². The summed E-state index contributed by atoms with van der Waals surface area (Å²) >= 11 is 0. The van der Waals surface area contributed by atoms with Gasteiger partial charge >= 0.3 is 5.97 Å². The smallest absolute Gasteiger partial charge is 0.328 e. The third-order valence-electron chi connectivity index (χ3n) is 6.52. The number of hydrogen-bond acceptors (Lipinski definition) is 2. The van der Waals surface area contributed by atoms with E-state index < -0.39 is 5.97 Å². The normalized spacial score (nSPS) is 33.8. The summed E-state index contributed by atoms with van der Waals surface area (Å²) in [7, 11) is 0. The molecular formula is C20H32O3. The summed E-state index contributed by atoms with van der Waals surface area (Å²) < 4.78 is 0. The molecule has 2 aliphatic rings. The van der Waals surface area contributed by atoms with Crippen molar-refractivity contribution in [1.82, 2.24) is 0 Å². The lowest BCUT2D eigenvalue weighted by Gasteiger charge is -2.57. The van der Waals surface area contributed by atoms with Gasteiger partial charge in [-0.3, -0.25) is 0 Å². The first-order valence-electron chi connectivity index (χ1n) is 8.90. The zero-order valence-electron chi connectivity index (χ0n) is 15.1. The number of aliphatic hydroxyl groups is 1. The van der Waals surface area contributed by atoms with Crippen molar-refractivity contribution in [3.8, 4) is 0 Å². The number of carboxylic acid groups (broad SMARTS) is 1. The topological polar surface area (TPSA) is 57.5 Å². The number of hydrogen-bond donors (Lipinski definition) is 2. The molecule has 2 aliphatic carbocycles. The van der Waals surface area contributed by atoms with Crippen molar-refractivity contribution < 1.29 is 15.0 Å². The highest BCUT2D eigenvalue weighted by atomic mass is 16.4. The minimum Gasteiger partial charge on any atom is -0.478 e. The van der Waals surface area contributed by atoms with Gasteiger partial charge in [0.15, 0.2) is 0 Å². The van der Waals surface area contributed by atoms with Crippen LogP contribution in [0.5, 0.6) is 0 Å². The van der Waals surface area contributed by atoms with Gasteiger partial charge in [0, 0.05) is 6.08 Å². The van der Waals surface area contributed by atoms with Crippen molar-refractivity contribution in [3.05, 3.63) is 23.3 Å². The van der Waals surface area contributed by atoms with Crippen LogP contribution >= 0.6 is 0 Å². The molecule has 0 saturated heterocycles. The third kappa shape index (κ3) is 3.71. The minimum atomic E-state index is -0.869. The quantitative estimate of drug-likeness (QED) is 0.576. The number of aliphatic carboxylic acids is 1. The van der Waals surface area contributed by atoms with Crippen LogP contribution in [0.15, 0.2) is 23.3 Å². The van der Waals surface area contributed by atoms with Crippen molar-refractivity contribution in [1.29, 1.82) is 0 Å². The van der Waals surface area contributed by atoms with Crippen molar-refractivity contribution in [3.63, 3.8) is 0 Å². The van der Waals surface area contributed by atoms with E-state index >= 15 is 0 Å². The fraction of sp³-hybridized carbons (Fsp3) is 0.750. The fourth-order valence-corrected chi connectivity index (χ4v) is 5.35. The van der Waals surface area contributed by atoms with Crippen LogP contribution in [0, 0.1) is 22.7 Å². The average Bonchev–Trinajstić information content (AvgIpc) is 2.43. The Morgan fingerprint density at radius 3 is 2.65 bits per heavy atom. The van der Waals surface area contributed by atoms with E-state index in [0.717, 1.165) is 24.8 Å². The standard InChI is InChI=1S/C20H32O3/c1-14(12-18(22)23)6-8-16-15(13-21)7-9-17-19(2,3)10-5-11-20(16,17)4/h7,12,16-17,21H,5-6,8-11,13H2,1-4H3,(H,22,23). The van der Waals surface area contributed by atoms with Crippen molar-refractivity contribution >= 4 is 5.97 Å². The van der Waals surface area contributed by atoms with E-state index in [4.69, 9.17) is 5.11 Å². The number of carbonyl (C=O) groups is 1. The van der Waals surface area contributed by atoms with Gasteiger partial charge in [0.2, 0.25) is 0 Å². The third-order valence-corrected chi connectivity index (χ3v) is 6.52. The van der Waals surface area contributed by atoms with E-state index in [0.29, 0.717) is 17.3 Å². The molecule has 3 heteroatoms. The molecule has 0 aromatic carbocycles. The van der Waals surface area contributed by atoms with E-state index in [9.17, 15) is 9.90 Å². The SMILES string of the molecule is CC(=CC(=O)O)CCC1C(CO)=CCC2C(C)(C)CCCC12C. The van der Waals surface area contributed by atoms with Gasteiger partial charge in [0.1, 0.15) is 0 Å². The van der Waals surface area contributed by atoms with Crippen LogP contribution in [0.4, 0.5) is 0 Å². The summed E-state index contributed by atoms with van der Waals surface area (Å²) in [6, 6.07) is 0. The molecule has 1 fully saturated rings. The Morgan fingerprint density at radius 2 is 2.04 bits per heavy atom. The zero-order valence-corrected chi connectivity index (χ0v) is 15.1. The highest BCUT2D eigenvalue weighted by Crippen LogP contribution is 2.60. The van der Waals surface area contributed by atoms with Gasteiger partial charge in [-0.05, 0) is 67.3 Å². The van der Waals surface area contributed by atoms with Gasteiger partial charge in [-0.2, -0.15) is 0 Å². The highest BCUT2D eigenvalue weighted by molar-refractivity contribution is 5.80. The van der Waals surface area contributed by atoms with E-state index in [1.807, 2.05) is 6.92 Å². The number of allylic oxidation sites excluding steroid dienone is 2. The second-order valence-corrected chi connectivity index (χ2v) is 8.49. The van der Waals surface area contributed by atoms with Crippen LogP contribution in [-0.2, 0) is 4.79 Å². The highest BCUT2D eigenvalue weighted by Gasteiger charge is 2.51. The molecule has 0 bridgehead atoms. The van der Waals surface area contributed by atoms with Crippen molar-refractivity contribution in [2.24, 2.45) is 22.7 Å². The predicted octanol–water partition coefficient (Wildman–Crippen LogP) is 4.57. The molecule has 0 heterocycles. The molecular weight excluding hydrogens is 288 g/mol. The molecule has 0 aromatic rings. The van der Waals surface area contributed by atoms with Gasteiger partial charge in [0.25, 0.3) is 0 Å². The number of aliphatic hydroxyl groups excluding tert-OH is 1. The van der Waals surface area contributed by atoms with Crippen molar-refractivity contribution in [2.45, 2.75) is 66.2 Å². The monoisotopic (exact) mass is 320 g/mol. The van der Waals surface area contributed by atoms with Crippen LogP contribution in [0.3, 0.4) is 0 Å². The Morgan fingerprint density at radius 1 is 1.35 bits per heavy atom. The molecule has 0 radical (unpaired) electrons. The predicted molar refractivity (Wildman–Crippen MR) is 93.1 cm³/mol. The fourth-order valence-electron chi connectivity index (χ4n) is 5.35. The summed E-state index contributed by atoms with van der Waals surface area (Å²) in [4.78, 5) is 10.8. The first-order valence-corrected chi connectivity index (χ1v) is 8.90. The summed E-state index contributed by atoms with van der Waals surface area (Å²) in [6.45, 7) is 9.21. The Bertz CT molecular complexity index is 515. The Labute approximate surface area is 140 Å². The lowest BCUT2D eigenvalue weighted by Crippen LogP contribution is -2.49. The van der Waals surface area contributed by atoms with E-state index in [1.165, 1.54) is 30.9 Å². The van der Waals surface area contributed by atoms with Gasteiger partial charge in [0.05, 0.1) is 6.61 Å². The summed E-state index contributed by atoms with van der Waals surface area (Å²) in [6.07, 6.45) is 10.1. The molecule has 3 atom stereocenters. The second-order valence-electron chi connectivity index (χ2n) is 8.49.